The second-order valence-electron chi connectivity index (χ2n) is 4.02. The van der Waals surface area contributed by atoms with Crippen LogP contribution in [-0.4, -0.2) is 12.5 Å². The molecule has 0 spiro atoms. The first-order valence-electron chi connectivity index (χ1n) is 6.19. The second-order valence-corrected chi connectivity index (χ2v) is 6.91. The standard InChI is InChI=1S/C14H20ClO2P/c1-3-17-18(16,13(2)9-7-8-12-15)14-10-5-4-6-11-14/h4-6,10-11H,2-3,7-9,12H2,1H3. The minimum absolute atomic E-state index is 0.417. The minimum atomic E-state index is -2.94. The molecule has 0 saturated carbocycles. The van der Waals surface area contributed by atoms with Crippen molar-refractivity contribution in [3.63, 3.8) is 0 Å². The largest absolute Gasteiger partial charge is 0.323 e. The number of hydrogen-bond acceptors (Lipinski definition) is 2. The molecule has 0 aliphatic carbocycles. The summed E-state index contributed by atoms with van der Waals surface area (Å²) >= 11 is 5.65. The molecular formula is C14H20ClO2P. The van der Waals surface area contributed by atoms with Gasteiger partial charge in [-0.25, -0.2) is 0 Å². The molecule has 1 atom stereocenters. The van der Waals surface area contributed by atoms with Crippen molar-refractivity contribution in [2.75, 3.05) is 12.5 Å². The molecule has 1 aromatic rings. The van der Waals surface area contributed by atoms with Gasteiger partial charge in [-0.3, -0.25) is 4.57 Å². The van der Waals surface area contributed by atoms with Crippen LogP contribution in [0.5, 0.6) is 0 Å². The first-order chi connectivity index (χ1) is 8.65. The number of benzene rings is 1. The van der Waals surface area contributed by atoms with Crippen LogP contribution in [0.15, 0.2) is 42.2 Å². The van der Waals surface area contributed by atoms with E-state index in [-0.39, 0.29) is 0 Å². The third kappa shape index (κ3) is 3.98. The Morgan fingerprint density at radius 1 is 1.33 bits per heavy atom. The summed E-state index contributed by atoms with van der Waals surface area (Å²) < 4.78 is 18.5. The highest BCUT2D eigenvalue weighted by molar-refractivity contribution is 7.71. The van der Waals surface area contributed by atoms with E-state index in [0.717, 1.165) is 18.1 Å². The molecular weight excluding hydrogens is 267 g/mol. The molecule has 1 unspecified atom stereocenters. The molecule has 2 nitrogen and oxygen atoms in total. The van der Waals surface area contributed by atoms with Crippen molar-refractivity contribution in [3.8, 4) is 0 Å². The van der Waals surface area contributed by atoms with E-state index < -0.39 is 7.37 Å². The molecule has 0 aliphatic rings. The van der Waals surface area contributed by atoms with Crippen LogP contribution in [0, 0.1) is 0 Å². The van der Waals surface area contributed by atoms with Crippen LogP contribution < -0.4 is 5.30 Å². The summed E-state index contributed by atoms with van der Waals surface area (Å²) in [6.45, 7) is 6.23. The van der Waals surface area contributed by atoms with Crippen molar-refractivity contribution in [3.05, 3.63) is 42.2 Å². The average molecular weight is 287 g/mol. The van der Waals surface area contributed by atoms with Crippen molar-refractivity contribution < 1.29 is 9.09 Å². The number of allylic oxidation sites excluding steroid dienone is 1. The molecule has 0 aliphatic heterocycles. The van der Waals surface area contributed by atoms with Crippen molar-refractivity contribution in [2.24, 2.45) is 0 Å². The highest BCUT2D eigenvalue weighted by Crippen LogP contribution is 2.54. The molecule has 0 radical (unpaired) electrons. The van der Waals surface area contributed by atoms with Gasteiger partial charge in [-0.05, 0) is 38.3 Å². The topological polar surface area (TPSA) is 26.3 Å². The molecule has 0 aromatic heterocycles. The van der Waals surface area contributed by atoms with Gasteiger partial charge >= 0.3 is 0 Å². The van der Waals surface area contributed by atoms with Gasteiger partial charge in [-0.1, -0.05) is 24.8 Å². The zero-order chi connectivity index (χ0) is 13.4. The zero-order valence-corrected chi connectivity index (χ0v) is 12.4. The molecule has 4 heteroatoms. The van der Waals surface area contributed by atoms with Gasteiger partial charge in [0.25, 0.3) is 7.37 Å². The number of hydrogen-bond donors (Lipinski definition) is 0. The molecule has 1 rings (SSSR count). The maximum Gasteiger partial charge on any atom is 0.256 e. The van der Waals surface area contributed by atoms with Gasteiger partial charge in [-0.2, -0.15) is 0 Å². The van der Waals surface area contributed by atoms with E-state index in [0.29, 0.717) is 24.2 Å². The maximum absolute atomic E-state index is 13.0. The lowest BCUT2D eigenvalue weighted by Gasteiger charge is -2.20. The smallest absolute Gasteiger partial charge is 0.256 e. The van der Waals surface area contributed by atoms with Gasteiger partial charge in [0.1, 0.15) is 0 Å². The molecule has 1 aromatic carbocycles. The van der Waals surface area contributed by atoms with E-state index in [1.54, 1.807) is 0 Å². The van der Waals surface area contributed by atoms with Crippen LogP contribution in [-0.2, 0) is 9.09 Å². The van der Waals surface area contributed by atoms with Gasteiger partial charge in [0.05, 0.1) is 6.61 Å². The Kier molecular flexibility index (Phi) is 6.70. The first-order valence-corrected chi connectivity index (χ1v) is 8.35. The first kappa shape index (κ1) is 15.5. The monoisotopic (exact) mass is 286 g/mol. The van der Waals surface area contributed by atoms with Crippen LogP contribution in [0.3, 0.4) is 0 Å². The fourth-order valence-electron chi connectivity index (χ4n) is 1.73. The molecule has 0 heterocycles. The van der Waals surface area contributed by atoms with Gasteiger partial charge in [-0.15, -0.1) is 11.6 Å². The zero-order valence-electron chi connectivity index (χ0n) is 10.8. The highest BCUT2D eigenvalue weighted by Gasteiger charge is 2.28. The minimum Gasteiger partial charge on any atom is -0.323 e. The second kappa shape index (κ2) is 7.78. The summed E-state index contributed by atoms with van der Waals surface area (Å²) in [7, 11) is -2.94. The van der Waals surface area contributed by atoms with Crippen LogP contribution in [0.4, 0.5) is 0 Å². The summed E-state index contributed by atoms with van der Waals surface area (Å²) in [6, 6.07) is 9.31. The van der Waals surface area contributed by atoms with Crippen LogP contribution >= 0.6 is 19.0 Å². The predicted octanol–water partition coefficient (Wildman–Crippen LogP) is 4.55. The third-order valence-electron chi connectivity index (χ3n) is 2.67. The Morgan fingerprint density at radius 2 is 2.00 bits per heavy atom. The molecule has 0 bridgehead atoms. The molecule has 0 saturated heterocycles. The summed E-state index contributed by atoms with van der Waals surface area (Å²) in [5.41, 5.74) is 0. The van der Waals surface area contributed by atoms with Gasteiger partial charge < -0.3 is 4.52 Å². The fourth-order valence-corrected chi connectivity index (χ4v) is 3.99. The quantitative estimate of drug-likeness (QED) is 0.398. The van der Waals surface area contributed by atoms with E-state index in [2.05, 4.69) is 6.58 Å². The lowest BCUT2D eigenvalue weighted by Crippen LogP contribution is -2.09. The highest BCUT2D eigenvalue weighted by atomic mass is 35.5. The van der Waals surface area contributed by atoms with E-state index in [1.807, 2.05) is 37.3 Å². The fraction of sp³-hybridized carbons (Fsp3) is 0.429. The van der Waals surface area contributed by atoms with Crippen molar-refractivity contribution in [2.45, 2.75) is 26.2 Å². The molecule has 0 fully saturated rings. The van der Waals surface area contributed by atoms with E-state index in [9.17, 15) is 4.57 Å². The Morgan fingerprint density at radius 3 is 2.56 bits per heavy atom. The van der Waals surface area contributed by atoms with Crippen LogP contribution in [0.25, 0.3) is 0 Å². The lowest BCUT2D eigenvalue weighted by molar-refractivity contribution is 0.344. The predicted molar refractivity (Wildman–Crippen MR) is 79.0 cm³/mol. The lowest BCUT2D eigenvalue weighted by atomic mass is 10.2. The summed E-state index contributed by atoms with van der Waals surface area (Å²) in [5.74, 6) is 0.623. The summed E-state index contributed by atoms with van der Waals surface area (Å²) in [4.78, 5) is 0. The van der Waals surface area contributed by atoms with Crippen LogP contribution in [0.1, 0.15) is 26.2 Å². The number of rotatable bonds is 8. The summed E-state index contributed by atoms with van der Waals surface area (Å²) in [5, 5.41) is 1.41. The Hall–Kier alpha value is -0.560. The molecule has 0 amide bonds. The van der Waals surface area contributed by atoms with Crippen LogP contribution in [0.2, 0.25) is 0 Å². The maximum atomic E-state index is 13.0. The Labute approximate surface area is 114 Å². The SMILES string of the molecule is C=C(CCCCCl)P(=O)(OCC)c1ccccc1. The van der Waals surface area contributed by atoms with Gasteiger partial charge in [0.2, 0.25) is 0 Å². The van der Waals surface area contributed by atoms with E-state index in [4.69, 9.17) is 16.1 Å². The molecule has 100 valence electrons. The van der Waals surface area contributed by atoms with E-state index in [1.165, 1.54) is 0 Å². The number of alkyl halides is 1. The molecule has 18 heavy (non-hydrogen) atoms. The van der Waals surface area contributed by atoms with Gasteiger partial charge in [0.15, 0.2) is 0 Å². The van der Waals surface area contributed by atoms with E-state index >= 15 is 0 Å². The van der Waals surface area contributed by atoms with Crippen molar-refractivity contribution in [1.29, 1.82) is 0 Å². The molecule has 0 N–H and O–H groups in total. The van der Waals surface area contributed by atoms with Gasteiger partial charge in [0, 0.05) is 16.5 Å². The number of halogens is 1. The Bertz CT molecular complexity index is 417. The van der Waals surface area contributed by atoms with Crippen molar-refractivity contribution in [1.82, 2.24) is 0 Å². The third-order valence-corrected chi connectivity index (χ3v) is 5.60. The van der Waals surface area contributed by atoms with Crippen molar-refractivity contribution >= 4 is 24.3 Å². The summed E-state index contributed by atoms with van der Waals surface area (Å²) in [6.07, 6.45) is 2.49. The number of unbranched alkanes of at least 4 members (excludes halogenated alkanes) is 1. The normalized spacial score (nSPS) is 14.1. The Balaban J connectivity index is 2.87. The average Bonchev–Trinajstić information content (AvgIpc) is 2.40.